The average molecular weight is 222 g/mol. The molecule has 4 nitrogen and oxygen atoms in total. The van der Waals surface area contributed by atoms with Crippen molar-refractivity contribution >= 4 is 5.91 Å². The van der Waals surface area contributed by atoms with E-state index in [1.54, 1.807) is 6.26 Å². The molecule has 1 fully saturated rings. The van der Waals surface area contributed by atoms with Gasteiger partial charge >= 0.3 is 0 Å². The smallest absolute Gasteiger partial charge is 0.257 e. The van der Waals surface area contributed by atoms with E-state index in [-0.39, 0.29) is 11.9 Å². The van der Waals surface area contributed by atoms with E-state index in [0.717, 1.165) is 24.9 Å². The van der Waals surface area contributed by atoms with Crippen molar-refractivity contribution in [2.75, 3.05) is 13.1 Å². The van der Waals surface area contributed by atoms with Gasteiger partial charge in [0.1, 0.15) is 5.76 Å². The van der Waals surface area contributed by atoms with E-state index in [0.29, 0.717) is 17.9 Å². The lowest BCUT2D eigenvalue weighted by atomic mass is 10.0. The molecule has 0 bridgehead atoms. The maximum atomic E-state index is 12.3. The summed E-state index contributed by atoms with van der Waals surface area (Å²) in [4.78, 5) is 14.1. The minimum Gasteiger partial charge on any atom is -0.469 e. The van der Waals surface area contributed by atoms with E-state index in [9.17, 15) is 4.79 Å². The topological polar surface area (TPSA) is 59.5 Å². The number of amides is 1. The molecule has 2 rings (SSSR count). The Kier molecular flexibility index (Phi) is 3.01. The summed E-state index contributed by atoms with van der Waals surface area (Å²) in [7, 11) is 0. The van der Waals surface area contributed by atoms with E-state index in [1.807, 2.05) is 18.7 Å². The van der Waals surface area contributed by atoms with Gasteiger partial charge in [-0.1, -0.05) is 0 Å². The Morgan fingerprint density at radius 1 is 1.56 bits per heavy atom. The number of piperidine rings is 1. The van der Waals surface area contributed by atoms with Crippen molar-refractivity contribution in [3.63, 3.8) is 0 Å². The van der Waals surface area contributed by atoms with Crippen molar-refractivity contribution in [3.8, 4) is 0 Å². The van der Waals surface area contributed by atoms with Gasteiger partial charge < -0.3 is 15.1 Å². The Hall–Kier alpha value is -1.29. The van der Waals surface area contributed by atoms with Crippen LogP contribution in [0.1, 0.15) is 34.5 Å². The normalized spacial score (nSPS) is 21.2. The van der Waals surface area contributed by atoms with Crippen molar-refractivity contribution in [1.29, 1.82) is 0 Å². The summed E-state index contributed by atoms with van der Waals surface area (Å²) in [5, 5.41) is 0. The number of hydrogen-bond acceptors (Lipinski definition) is 3. The highest BCUT2D eigenvalue weighted by molar-refractivity contribution is 5.96. The molecule has 88 valence electrons. The second-order valence-corrected chi connectivity index (χ2v) is 4.50. The third-order valence-electron chi connectivity index (χ3n) is 3.12. The molecule has 1 unspecified atom stereocenters. The van der Waals surface area contributed by atoms with Crippen LogP contribution in [0.25, 0.3) is 0 Å². The minimum atomic E-state index is 0.0545. The first-order valence-corrected chi connectivity index (χ1v) is 5.69. The van der Waals surface area contributed by atoms with Crippen LogP contribution in [0.3, 0.4) is 0 Å². The summed E-state index contributed by atoms with van der Waals surface area (Å²) in [6.07, 6.45) is 3.63. The fourth-order valence-corrected chi connectivity index (χ4v) is 2.24. The highest BCUT2D eigenvalue weighted by atomic mass is 16.3. The van der Waals surface area contributed by atoms with Gasteiger partial charge in [0.25, 0.3) is 5.91 Å². The van der Waals surface area contributed by atoms with Crippen LogP contribution >= 0.6 is 0 Å². The number of nitrogens with two attached hydrogens (primary N) is 1. The molecule has 1 aromatic rings. The van der Waals surface area contributed by atoms with Crippen molar-refractivity contribution < 1.29 is 9.21 Å². The number of furan rings is 1. The van der Waals surface area contributed by atoms with Gasteiger partial charge in [-0.05, 0) is 26.7 Å². The molecule has 1 amide bonds. The van der Waals surface area contributed by atoms with Crippen molar-refractivity contribution in [3.05, 3.63) is 23.2 Å². The lowest BCUT2D eigenvalue weighted by molar-refractivity contribution is 0.0706. The predicted molar refractivity (Wildman–Crippen MR) is 61.3 cm³/mol. The van der Waals surface area contributed by atoms with Crippen molar-refractivity contribution in [2.45, 2.75) is 32.7 Å². The first-order valence-electron chi connectivity index (χ1n) is 5.69. The minimum absolute atomic E-state index is 0.0545. The molecule has 1 atom stereocenters. The largest absolute Gasteiger partial charge is 0.469 e. The van der Waals surface area contributed by atoms with Gasteiger partial charge in [0.2, 0.25) is 0 Å². The summed E-state index contributed by atoms with van der Waals surface area (Å²) >= 11 is 0. The van der Waals surface area contributed by atoms with Gasteiger partial charge in [-0.3, -0.25) is 4.79 Å². The summed E-state index contributed by atoms with van der Waals surface area (Å²) in [6.45, 7) is 5.18. The molecule has 0 aliphatic carbocycles. The summed E-state index contributed by atoms with van der Waals surface area (Å²) < 4.78 is 5.26. The number of nitrogens with zero attached hydrogens (tertiary/aromatic N) is 1. The number of rotatable bonds is 1. The molecule has 2 N–H and O–H groups in total. The molecule has 4 heteroatoms. The number of carbonyl (C=O) groups is 1. The zero-order valence-electron chi connectivity index (χ0n) is 9.82. The molecule has 1 aromatic heterocycles. The zero-order chi connectivity index (χ0) is 11.7. The predicted octanol–water partition coefficient (Wildman–Crippen LogP) is 1.46. The highest BCUT2D eigenvalue weighted by Gasteiger charge is 2.25. The molecular weight excluding hydrogens is 204 g/mol. The molecule has 2 heterocycles. The Morgan fingerprint density at radius 3 is 2.88 bits per heavy atom. The van der Waals surface area contributed by atoms with Gasteiger partial charge in [0, 0.05) is 24.7 Å². The van der Waals surface area contributed by atoms with Crippen LogP contribution in [0, 0.1) is 13.8 Å². The molecule has 1 saturated heterocycles. The van der Waals surface area contributed by atoms with E-state index in [2.05, 4.69) is 0 Å². The maximum absolute atomic E-state index is 12.3. The second kappa shape index (κ2) is 4.29. The number of likely N-dealkylation sites (tertiary alicyclic amines) is 1. The molecule has 0 saturated carbocycles. The van der Waals surface area contributed by atoms with E-state index in [1.165, 1.54) is 0 Å². The van der Waals surface area contributed by atoms with Crippen LogP contribution in [-0.4, -0.2) is 29.9 Å². The van der Waals surface area contributed by atoms with Crippen LogP contribution in [0.5, 0.6) is 0 Å². The Balaban J connectivity index is 2.18. The molecular formula is C12H18N2O2. The summed E-state index contributed by atoms with van der Waals surface area (Å²) in [6, 6.07) is 0.116. The van der Waals surface area contributed by atoms with Crippen LogP contribution in [-0.2, 0) is 0 Å². The number of aryl methyl sites for hydroxylation is 2. The van der Waals surface area contributed by atoms with Crippen molar-refractivity contribution in [2.24, 2.45) is 5.73 Å². The third kappa shape index (κ3) is 1.97. The number of hydrogen-bond donors (Lipinski definition) is 1. The molecule has 16 heavy (non-hydrogen) atoms. The lowest BCUT2D eigenvalue weighted by Gasteiger charge is -2.30. The van der Waals surface area contributed by atoms with Gasteiger partial charge in [-0.15, -0.1) is 0 Å². The SMILES string of the molecule is Cc1coc(C)c1C(=O)N1CCCC(N)C1. The summed E-state index contributed by atoms with van der Waals surface area (Å²) in [5.74, 6) is 0.751. The third-order valence-corrected chi connectivity index (χ3v) is 3.12. The van der Waals surface area contributed by atoms with Gasteiger partial charge in [0.15, 0.2) is 0 Å². The molecule has 1 aliphatic heterocycles. The van der Waals surface area contributed by atoms with Crippen LogP contribution in [0.2, 0.25) is 0 Å². The van der Waals surface area contributed by atoms with E-state index in [4.69, 9.17) is 10.2 Å². The summed E-state index contributed by atoms with van der Waals surface area (Å²) in [5.41, 5.74) is 7.48. The zero-order valence-corrected chi connectivity index (χ0v) is 9.82. The van der Waals surface area contributed by atoms with Crippen LogP contribution in [0.15, 0.2) is 10.7 Å². The fraction of sp³-hybridized carbons (Fsp3) is 0.583. The Bertz CT molecular complexity index is 378. The molecule has 0 radical (unpaired) electrons. The quantitative estimate of drug-likeness (QED) is 0.782. The van der Waals surface area contributed by atoms with Gasteiger partial charge in [-0.2, -0.15) is 0 Å². The molecule has 1 aliphatic rings. The second-order valence-electron chi connectivity index (χ2n) is 4.50. The fourth-order valence-electron chi connectivity index (χ4n) is 2.24. The van der Waals surface area contributed by atoms with Crippen LogP contribution < -0.4 is 5.73 Å². The first kappa shape index (κ1) is 11.2. The van der Waals surface area contributed by atoms with E-state index >= 15 is 0 Å². The standard InChI is InChI=1S/C12H18N2O2/c1-8-7-16-9(2)11(8)12(15)14-5-3-4-10(13)6-14/h7,10H,3-6,13H2,1-2H3. The molecule has 0 aromatic carbocycles. The van der Waals surface area contributed by atoms with Gasteiger partial charge in [-0.25, -0.2) is 0 Å². The maximum Gasteiger partial charge on any atom is 0.257 e. The first-order chi connectivity index (χ1) is 7.59. The average Bonchev–Trinajstić information content (AvgIpc) is 2.58. The lowest BCUT2D eigenvalue weighted by Crippen LogP contribution is -2.45. The van der Waals surface area contributed by atoms with E-state index < -0.39 is 0 Å². The number of carbonyl (C=O) groups excluding carboxylic acids is 1. The van der Waals surface area contributed by atoms with Crippen LogP contribution in [0.4, 0.5) is 0 Å². The van der Waals surface area contributed by atoms with Crippen molar-refractivity contribution in [1.82, 2.24) is 4.90 Å². The Labute approximate surface area is 95.4 Å². The highest BCUT2D eigenvalue weighted by Crippen LogP contribution is 2.20. The Morgan fingerprint density at radius 2 is 2.31 bits per heavy atom. The monoisotopic (exact) mass is 222 g/mol. The molecule has 0 spiro atoms. The van der Waals surface area contributed by atoms with Gasteiger partial charge in [0.05, 0.1) is 11.8 Å².